The molecule has 0 saturated heterocycles. The molecule has 0 amide bonds. The van der Waals surface area contributed by atoms with Gasteiger partial charge in [0.15, 0.2) is 0 Å². The second-order valence-corrected chi connectivity index (χ2v) is 14.6. The van der Waals surface area contributed by atoms with E-state index < -0.39 is 17.4 Å². The zero-order valence-corrected chi connectivity index (χ0v) is 31.9. The van der Waals surface area contributed by atoms with Gasteiger partial charge >= 0.3 is 11.9 Å². The topological polar surface area (TPSA) is 93.1 Å². The highest BCUT2D eigenvalue weighted by Gasteiger charge is 2.46. The number of hydrogen-bond donors (Lipinski definition) is 2. The number of aromatic carboxylic acids is 2. The predicted molar refractivity (Wildman–Crippen MR) is 230 cm³/mol. The molecule has 0 bridgehead atoms. The number of benzene rings is 8. The van der Waals surface area contributed by atoms with Crippen LogP contribution in [-0.4, -0.2) is 22.2 Å². The summed E-state index contributed by atoms with van der Waals surface area (Å²) in [6.07, 6.45) is 0. The van der Waals surface area contributed by atoms with Crippen molar-refractivity contribution < 1.29 is 29.3 Å². The Morgan fingerprint density at radius 1 is 0.407 bits per heavy atom. The van der Waals surface area contributed by atoms with E-state index in [4.69, 9.17) is 9.47 Å². The fourth-order valence-corrected chi connectivity index (χ4v) is 8.30. The Morgan fingerprint density at radius 3 is 1.17 bits per heavy atom. The molecule has 9 rings (SSSR count). The Labute approximate surface area is 342 Å². The molecule has 0 saturated carbocycles. The van der Waals surface area contributed by atoms with Crippen LogP contribution in [0.4, 0.5) is 0 Å². The maximum atomic E-state index is 11.5. The van der Waals surface area contributed by atoms with Gasteiger partial charge < -0.3 is 19.7 Å². The van der Waals surface area contributed by atoms with Crippen LogP contribution in [0, 0.1) is 0 Å². The van der Waals surface area contributed by atoms with Crippen molar-refractivity contribution in [2.75, 3.05) is 0 Å². The van der Waals surface area contributed by atoms with Crippen LogP contribution in [0.15, 0.2) is 194 Å². The van der Waals surface area contributed by atoms with E-state index in [0.717, 1.165) is 44.5 Å². The summed E-state index contributed by atoms with van der Waals surface area (Å²) in [5.41, 5.74) is 12.1. The molecule has 0 aliphatic heterocycles. The summed E-state index contributed by atoms with van der Waals surface area (Å²) in [6, 6.07) is 64.2. The van der Waals surface area contributed by atoms with Crippen LogP contribution in [0.5, 0.6) is 11.5 Å². The Kier molecular flexibility index (Phi) is 9.81. The van der Waals surface area contributed by atoms with Crippen LogP contribution in [0.1, 0.15) is 54.1 Å². The van der Waals surface area contributed by atoms with Gasteiger partial charge in [-0.1, -0.05) is 146 Å². The van der Waals surface area contributed by atoms with Crippen molar-refractivity contribution in [1.29, 1.82) is 0 Å². The molecule has 6 heteroatoms. The summed E-state index contributed by atoms with van der Waals surface area (Å²) in [6.45, 7) is 0.531. The monoisotopic (exact) mass is 770 g/mol. The standard InChI is InChI=1S/C53H38O6/c54-51(55)39-23-19-35(20-24-39)33-58-49-29-27-41(31-45(49)37-11-3-1-4-12-37)53(47-17-9-7-15-43(47)44-16-8-10-18-48(44)53)42-28-30-50(46(32-42)38-13-5-2-6-14-38)59-34-36-21-25-40(26-22-36)52(56)57/h1-32H,33-34H2,(H,54,55)(H,56,57). The van der Waals surface area contributed by atoms with E-state index in [-0.39, 0.29) is 24.3 Å². The zero-order valence-electron chi connectivity index (χ0n) is 31.9. The molecule has 0 atom stereocenters. The third-order valence-corrected chi connectivity index (χ3v) is 11.1. The van der Waals surface area contributed by atoms with E-state index in [1.54, 1.807) is 48.5 Å². The molecule has 1 aliphatic rings. The summed E-state index contributed by atoms with van der Waals surface area (Å²) in [7, 11) is 0. The second kappa shape index (κ2) is 15.7. The number of ether oxygens (including phenoxy) is 2. The van der Waals surface area contributed by atoms with E-state index >= 15 is 0 Å². The zero-order chi connectivity index (χ0) is 40.3. The minimum Gasteiger partial charge on any atom is -0.488 e. The van der Waals surface area contributed by atoms with E-state index in [9.17, 15) is 19.8 Å². The fourth-order valence-electron chi connectivity index (χ4n) is 8.30. The Bertz CT molecular complexity index is 2610. The molecular formula is C53H38O6. The lowest BCUT2D eigenvalue weighted by Gasteiger charge is -2.35. The minimum absolute atomic E-state index is 0.229. The molecule has 2 N–H and O–H groups in total. The van der Waals surface area contributed by atoms with E-state index in [1.165, 1.54) is 22.3 Å². The van der Waals surface area contributed by atoms with Crippen LogP contribution in [-0.2, 0) is 18.6 Å². The average molecular weight is 771 g/mol. The first kappa shape index (κ1) is 36.9. The highest BCUT2D eigenvalue weighted by Crippen LogP contribution is 2.57. The molecule has 6 nitrogen and oxygen atoms in total. The van der Waals surface area contributed by atoms with Crippen molar-refractivity contribution >= 4 is 11.9 Å². The van der Waals surface area contributed by atoms with Gasteiger partial charge in [-0.05, 0) is 104 Å². The van der Waals surface area contributed by atoms with E-state index in [1.807, 2.05) is 36.4 Å². The Hall–Kier alpha value is -7.70. The van der Waals surface area contributed by atoms with Crippen molar-refractivity contribution in [2.24, 2.45) is 0 Å². The number of rotatable bonds is 12. The fraction of sp³-hybridized carbons (Fsp3) is 0.0566. The van der Waals surface area contributed by atoms with Gasteiger partial charge in [0, 0.05) is 11.1 Å². The molecular weight excluding hydrogens is 733 g/mol. The first-order chi connectivity index (χ1) is 28.9. The van der Waals surface area contributed by atoms with Gasteiger partial charge in [0.2, 0.25) is 0 Å². The lowest BCUT2D eigenvalue weighted by atomic mass is 9.67. The number of hydrogen-bond acceptors (Lipinski definition) is 4. The Morgan fingerprint density at radius 2 is 0.780 bits per heavy atom. The third kappa shape index (κ3) is 6.91. The highest BCUT2D eigenvalue weighted by molar-refractivity contribution is 5.89. The summed E-state index contributed by atoms with van der Waals surface area (Å²) in [4.78, 5) is 23.0. The summed E-state index contributed by atoms with van der Waals surface area (Å²) in [5, 5.41) is 18.8. The smallest absolute Gasteiger partial charge is 0.335 e. The van der Waals surface area contributed by atoms with Gasteiger partial charge in [-0.3, -0.25) is 0 Å². The van der Waals surface area contributed by atoms with E-state index in [0.29, 0.717) is 11.5 Å². The minimum atomic E-state index is -0.966. The van der Waals surface area contributed by atoms with Crippen LogP contribution in [0.3, 0.4) is 0 Å². The molecule has 0 aromatic heterocycles. The molecule has 0 heterocycles. The molecule has 0 fully saturated rings. The van der Waals surface area contributed by atoms with Crippen molar-refractivity contribution in [3.8, 4) is 44.9 Å². The molecule has 0 spiro atoms. The molecule has 0 unspecified atom stereocenters. The van der Waals surface area contributed by atoms with Crippen LogP contribution in [0.25, 0.3) is 33.4 Å². The normalized spacial score (nSPS) is 12.3. The molecule has 8 aromatic carbocycles. The highest BCUT2D eigenvalue weighted by atomic mass is 16.5. The third-order valence-electron chi connectivity index (χ3n) is 11.1. The van der Waals surface area contributed by atoms with Crippen molar-refractivity contribution in [3.63, 3.8) is 0 Å². The van der Waals surface area contributed by atoms with Gasteiger partial charge in [-0.15, -0.1) is 0 Å². The van der Waals surface area contributed by atoms with Crippen molar-refractivity contribution in [3.05, 3.63) is 239 Å². The second-order valence-electron chi connectivity index (χ2n) is 14.6. The largest absolute Gasteiger partial charge is 0.488 e. The maximum Gasteiger partial charge on any atom is 0.335 e. The summed E-state index contributed by atoms with van der Waals surface area (Å²) < 4.78 is 13.1. The maximum absolute atomic E-state index is 11.5. The van der Waals surface area contributed by atoms with Crippen molar-refractivity contribution in [2.45, 2.75) is 18.6 Å². The number of carboxylic acid groups (broad SMARTS) is 2. The number of carbonyl (C=O) groups is 2. The molecule has 1 aliphatic carbocycles. The van der Waals surface area contributed by atoms with Crippen LogP contribution >= 0.6 is 0 Å². The molecule has 0 radical (unpaired) electrons. The quantitative estimate of drug-likeness (QED) is 0.128. The van der Waals surface area contributed by atoms with Gasteiger partial charge in [0.05, 0.1) is 16.5 Å². The van der Waals surface area contributed by atoms with Crippen LogP contribution < -0.4 is 9.47 Å². The van der Waals surface area contributed by atoms with Crippen molar-refractivity contribution in [1.82, 2.24) is 0 Å². The number of carboxylic acids is 2. The van der Waals surface area contributed by atoms with Crippen LogP contribution in [0.2, 0.25) is 0 Å². The van der Waals surface area contributed by atoms with Gasteiger partial charge in [0.1, 0.15) is 24.7 Å². The summed E-state index contributed by atoms with van der Waals surface area (Å²) in [5.74, 6) is -0.512. The van der Waals surface area contributed by atoms with Gasteiger partial charge in [-0.2, -0.15) is 0 Å². The first-order valence-corrected chi connectivity index (χ1v) is 19.4. The van der Waals surface area contributed by atoms with Gasteiger partial charge in [-0.25, -0.2) is 9.59 Å². The number of fused-ring (bicyclic) bond motifs is 3. The SMILES string of the molecule is O=C(O)c1ccc(COc2ccc(C3(c4ccc(OCc5ccc(C(=O)O)cc5)c(-c5ccccc5)c4)c4ccccc4-c4ccccc43)cc2-c2ccccc2)cc1. The molecule has 59 heavy (non-hydrogen) atoms. The lowest BCUT2D eigenvalue weighted by molar-refractivity contribution is 0.0686. The average Bonchev–Trinajstić information content (AvgIpc) is 3.59. The summed E-state index contributed by atoms with van der Waals surface area (Å²) >= 11 is 0. The molecule has 286 valence electrons. The predicted octanol–water partition coefficient (Wildman–Crippen LogP) is 11.9. The molecule has 8 aromatic rings. The van der Waals surface area contributed by atoms with Gasteiger partial charge in [0.25, 0.3) is 0 Å². The lowest BCUT2D eigenvalue weighted by Crippen LogP contribution is -2.28. The van der Waals surface area contributed by atoms with E-state index in [2.05, 4.69) is 109 Å². The first-order valence-electron chi connectivity index (χ1n) is 19.4. The Balaban J connectivity index is 1.21.